The number of rotatable bonds is 11. The normalized spacial score (nSPS) is 11.8. The van der Waals surface area contributed by atoms with E-state index >= 15 is 0 Å². The number of para-hydroxylation sites is 1. The predicted molar refractivity (Wildman–Crippen MR) is 101 cm³/mol. The van der Waals surface area contributed by atoms with Crippen LogP contribution < -0.4 is 4.74 Å². The molecule has 7 heteroatoms. The molecule has 0 radical (unpaired) electrons. The van der Waals surface area contributed by atoms with Gasteiger partial charge in [-0.15, -0.1) is 0 Å². The van der Waals surface area contributed by atoms with Crippen molar-refractivity contribution in [1.29, 1.82) is 0 Å². The third-order valence-electron chi connectivity index (χ3n) is 2.74. The number of ether oxygens (including phenoxy) is 5. The van der Waals surface area contributed by atoms with Crippen molar-refractivity contribution in [3.05, 3.63) is 55.6 Å². The van der Waals surface area contributed by atoms with Crippen molar-refractivity contribution in [2.45, 2.75) is 33.4 Å². The average Bonchev–Trinajstić information content (AvgIpc) is 2.66. The summed E-state index contributed by atoms with van der Waals surface area (Å²) < 4.78 is 25.0. The SMILES string of the molecule is C=CC(=O)OC(C)OC(C)OCC.C=CC(=O)OCCOc1ccccc1. The van der Waals surface area contributed by atoms with E-state index in [2.05, 4.69) is 13.2 Å². The van der Waals surface area contributed by atoms with Gasteiger partial charge in [-0.1, -0.05) is 31.4 Å². The Morgan fingerprint density at radius 1 is 1.00 bits per heavy atom. The summed E-state index contributed by atoms with van der Waals surface area (Å²) in [5.74, 6) is -0.167. The summed E-state index contributed by atoms with van der Waals surface area (Å²) in [7, 11) is 0. The molecule has 0 heterocycles. The van der Waals surface area contributed by atoms with Crippen molar-refractivity contribution >= 4 is 11.9 Å². The molecule has 0 aromatic heterocycles. The van der Waals surface area contributed by atoms with Crippen molar-refractivity contribution in [1.82, 2.24) is 0 Å². The largest absolute Gasteiger partial charge is 0.490 e. The highest BCUT2D eigenvalue weighted by Gasteiger charge is 2.10. The van der Waals surface area contributed by atoms with Gasteiger partial charge in [-0.3, -0.25) is 0 Å². The summed E-state index contributed by atoms with van der Waals surface area (Å²) >= 11 is 0. The highest BCUT2D eigenvalue weighted by molar-refractivity contribution is 5.81. The number of hydrogen-bond acceptors (Lipinski definition) is 7. The number of esters is 2. The molecule has 2 unspecified atom stereocenters. The van der Waals surface area contributed by atoms with Crippen LogP contribution in [0, 0.1) is 0 Å². The summed E-state index contributed by atoms with van der Waals surface area (Å²) in [6.45, 7) is 12.9. The van der Waals surface area contributed by atoms with Gasteiger partial charge < -0.3 is 23.7 Å². The van der Waals surface area contributed by atoms with Crippen LogP contribution in [0.1, 0.15) is 20.8 Å². The molecule has 2 atom stereocenters. The molecule has 0 aliphatic carbocycles. The van der Waals surface area contributed by atoms with Crippen molar-refractivity contribution < 1.29 is 33.3 Å². The van der Waals surface area contributed by atoms with Crippen LogP contribution in [0.25, 0.3) is 0 Å². The highest BCUT2D eigenvalue weighted by atomic mass is 16.8. The standard InChI is InChI=1S/C11H12O3.C9H16O4/c1-2-11(12)14-9-8-13-10-6-4-3-5-7-10;1-5-9(10)13-8(4)12-7(3)11-6-2/h2-7H,1,8-9H2;5,7-8H,1,6H2,2-4H3. The molecular weight excluding hydrogens is 352 g/mol. The second-order valence-corrected chi connectivity index (χ2v) is 4.90. The second kappa shape index (κ2) is 15.6. The fourth-order valence-electron chi connectivity index (χ4n) is 1.66. The fourth-order valence-corrected chi connectivity index (χ4v) is 1.66. The lowest BCUT2D eigenvalue weighted by molar-refractivity contribution is -0.225. The second-order valence-electron chi connectivity index (χ2n) is 4.90. The molecule has 0 bridgehead atoms. The van der Waals surface area contributed by atoms with E-state index in [1.807, 2.05) is 37.3 Å². The van der Waals surface area contributed by atoms with Crippen LogP contribution in [-0.4, -0.2) is 44.3 Å². The van der Waals surface area contributed by atoms with Crippen LogP contribution in [0.15, 0.2) is 55.6 Å². The molecule has 0 saturated heterocycles. The molecule has 0 amide bonds. The molecule has 0 aliphatic heterocycles. The highest BCUT2D eigenvalue weighted by Crippen LogP contribution is 2.07. The molecule has 0 N–H and O–H groups in total. The van der Waals surface area contributed by atoms with Gasteiger partial charge in [0.25, 0.3) is 0 Å². The van der Waals surface area contributed by atoms with Gasteiger partial charge >= 0.3 is 11.9 Å². The number of hydrogen-bond donors (Lipinski definition) is 0. The monoisotopic (exact) mass is 380 g/mol. The molecule has 150 valence electrons. The number of carbonyl (C=O) groups excluding carboxylic acids is 2. The fraction of sp³-hybridized carbons (Fsp3) is 0.400. The Morgan fingerprint density at radius 2 is 1.63 bits per heavy atom. The van der Waals surface area contributed by atoms with Gasteiger partial charge in [0.1, 0.15) is 19.0 Å². The summed E-state index contributed by atoms with van der Waals surface area (Å²) in [5.41, 5.74) is 0. The van der Waals surface area contributed by atoms with E-state index in [9.17, 15) is 9.59 Å². The Kier molecular flexibility index (Phi) is 14.1. The van der Waals surface area contributed by atoms with E-state index in [1.165, 1.54) is 0 Å². The maximum absolute atomic E-state index is 10.7. The van der Waals surface area contributed by atoms with Crippen LogP contribution >= 0.6 is 0 Å². The van der Waals surface area contributed by atoms with Crippen molar-refractivity contribution in [3.63, 3.8) is 0 Å². The van der Waals surface area contributed by atoms with Gasteiger partial charge in [0, 0.05) is 18.8 Å². The Hall–Kier alpha value is -2.64. The molecule has 0 fully saturated rings. The molecule has 1 rings (SSSR count). The van der Waals surface area contributed by atoms with E-state index in [1.54, 1.807) is 13.8 Å². The minimum Gasteiger partial charge on any atom is -0.490 e. The molecular formula is C20H28O7. The van der Waals surface area contributed by atoms with Gasteiger partial charge in [-0.25, -0.2) is 9.59 Å². The molecule has 1 aromatic carbocycles. The van der Waals surface area contributed by atoms with Gasteiger partial charge in [-0.05, 0) is 32.9 Å². The lowest BCUT2D eigenvalue weighted by atomic mass is 10.3. The maximum atomic E-state index is 10.7. The summed E-state index contributed by atoms with van der Waals surface area (Å²) in [6, 6.07) is 9.35. The molecule has 7 nitrogen and oxygen atoms in total. The van der Waals surface area contributed by atoms with E-state index in [4.69, 9.17) is 23.7 Å². The van der Waals surface area contributed by atoms with Crippen molar-refractivity contribution in [3.8, 4) is 5.75 Å². The number of benzene rings is 1. The van der Waals surface area contributed by atoms with E-state index in [0.717, 1.165) is 17.9 Å². The minimum absolute atomic E-state index is 0.236. The minimum atomic E-state index is -0.618. The zero-order valence-electron chi connectivity index (χ0n) is 16.1. The van der Waals surface area contributed by atoms with Crippen molar-refractivity contribution in [2.75, 3.05) is 19.8 Å². The van der Waals surface area contributed by atoms with Gasteiger partial charge in [0.2, 0.25) is 6.29 Å². The Morgan fingerprint density at radius 3 is 2.19 bits per heavy atom. The smallest absolute Gasteiger partial charge is 0.332 e. The first-order chi connectivity index (χ1) is 12.9. The van der Waals surface area contributed by atoms with Gasteiger partial charge in [0.05, 0.1) is 0 Å². The molecule has 0 spiro atoms. The first-order valence-corrected chi connectivity index (χ1v) is 8.50. The lowest BCUT2D eigenvalue weighted by Crippen LogP contribution is -2.24. The summed E-state index contributed by atoms with van der Waals surface area (Å²) in [5, 5.41) is 0. The molecule has 27 heavy (non-hydrogen) atoms. The lowest BCUT2D eigenvalue weighted by Gasteiger charge is -2.18. The summed E-state index contributed by atoms with van der Waals surface area (Å²) in [4.78, 5) is 21.3. The zero-order chi connectivity index (χ0) is 20.5. The Bertz CT molecular complexity index is 557. The van der Waals surface area contributed by atoms with E-state index in [0.29, 0.717) is 13.2 Å². The molecule has 1 aromatic rings. The van der Waals surface area contributed by atoms with E-state index < -0.39 is 18.2 Å². The van der Waals surface area contributed by atoms with Gasteiger partial charge in [0.15, 0.2) is 6.29 Å². The molecule has 0 saturated carbocycles. The Balaban J connectivity index is 0.000000503. The average molecular weight is 380 g/mol. The number of carbonyl (C=O) groups is 2. The van der Waals surface area contributed by atoms with Crippen LogP contribution in [0.5, 0.6) is 5.75 Å². The first-order valence-electron chi connectivity index (χ1n) is 8.50. The van der Waals surface area contributed by atoms with Crippen LogP contribution in [0.3, 0.4) is 0 Å². The zero-order valence-corrected chi connectivity index (χ0v) is 16.1. The predicted octanol–water partition coefficient (Wildman–Crippen LogP) is 3.26. The van der Waals surface area contributed by atoms with Gasteiger partial charge in [-0.2, -0.15) is 0 Å². The first kappa shape index (κ1) is 24.4. The summed E-state index contributed by atoms with van der Waals surface area (Å²) in [6.07, 6.45) is 1.22. The third kappa shape index (κ3) is 14.2. The van der Waals surface area contributed by atoms with Crippen LogP contribution in [0.4, 0.5) is 0 Å². The van der Waals surface area contributed by atoms with Crippen molar-refractivity contribution in [2.24, 2.45) is 0 Å². The third-order valence-corrected chi connectivity index (χ3v) is 2.74. The maximum Gasteiger partial charge on any atom is 0.332 e. The topological polar surface area (TPSA) is 80.3 Å². The molecule has 0 aliphatic rings. The quantitative estimate of drug-likeness (QED) is 0.252. The Labute approximate surface area is 160 Å². The van der Waals surface area contributed by atoms with Crippen LogP contribution in [-0.2, 0) is 28.5 Å². The van der Waals surface area contributed by atoms with E-state index in [-0.39, 0.29) is 12.9 Å². The van der Waals surface area contributed by atoms with Crippen LogP contribution in [0.2, 0.25) is 0 Å².